The number of hydrogen-bond acceptors (Lipinski definition) is 2. The van der Waals surface area contributed by atoms with Crippen LogP contribution in [0.2, 0.25) is 5.02 Å². The van der Waals surface area contributed by atoms with E-state index in [4.69, 9.17) is 11.6 Å². The Morgan fingerprint density at radius 1 is 1.21 bits per heavy atom. The molecule has 2 heterocycles. The lowest BCUT2D eigenvalue weighted by atomic mass is 10.1. The van der Waals surface area contributed by atoms with Crippen LogP contribution in [0.4, 0.5) is 5.82 Å². The number of fused-ring (bicyclic) bond motifs is 1. The molecule has 0 fully saturated rings. The molecule has 1 atom stereocenters. The summed E-state index contributed by atoms with van der Waals surface area (Å²) in [6, 6.07) is 14.1. The van der Waals surface area contributed by atoms with Crippen molar-refractivity contribution in [2.75, 3.05) is 5.32 Å². The second kappa shape index (κ2) is 4.94. The van der Waals surface area contributed by atoms with Crippen LogP contribution in [0.15, 0.2) is 54.9 Å². The second-order valence-electron chi connectivity index (χ2n) is 4.49. The highest BCUT2D eigenvalue weighted by atomic mass is 35.5. The van der Waals surface area contributed by atoms with E-state index < -0.39 is 0 Å². The minimum atomic E-state index is 0.173. The molecule has 3 nitrogen and oxygen atoms in total. The summed E-state index contributed by atoms with van der Waals surface area (Å²) < 4.78 is 2.03. The van der Waals surface area contributed by atoms with Crippen molar-refractivity contribution in [1.82, 2.24) is 9.38 Å². The molecule has 1 unspecified atom stereocenters. The van der Waals surface area contributed by atoms with Gasteiger partial charge in [-0.15, -0.1) is 0 Å². The monoisotopic (exact) mass is 271 g/mol. The number of rotatable bonds is 3. The molecule has 0 radical (unpaired) electrons. The van der Waals surface area contributed by atoms with Crippen molar-refractivity contribution in [1.29, 1.82) is 0 Å². The highest BCUT2D eigenvalue weighted by molar-refractivity contribution is 6.30. The molecule has 3 aromatic rings. The Hall–Kier alpha value is -2.00. The fraction of sp³-hybridized carbons (Fsp3) is 0.133. The van der Waals surface area contributed by atoms with Crippen molar-refractivity contribution >= 4 is 23.1 Å². The molecule has 96 valence electrons. The molecule has 1 aromatic carbocycles. The van der Waals surface area contributed by atoms with E-state index >= 15 is 0 Å². The summed E-state index contributed by atoms with van der Waals surface area (Å²) in [7, 11) is 0. The number of imidazole rings is 1. The van der Waals surface area contributed by atoms with Crippen LogP contribution in [0.3, 0.4) is 0 Å². The maximum absolute atomic E-state index is 6.03. The van der Waals surface area contributed by atoms with E-state index in [2.05, 4.69) is 23.3 Å². The third-order valence-corrected chi connectivity index (χ3v) is 3.38. The van der Waals surface area contributed by atoms with Gasteiger partial charge in [0, 0.05) is 23.5 Å². The molecule has 3 rings (SSSR count). The standard InChI is InChI=1S/C15H14ClN3/c1-11(12-4-2-5-13(16)10-12)18-15-7-3-6-14-17-8-9-19(14)15/h2-11,18H,1H3. The van der Waals surface area contributed by atoms with Crippen molar-refractivity contribution < 1.29 is 0 Å². The summed E-state index contributed by atoms with van der Waals surface area (Å²) >= 11 is 6.03. The molecule has 0 aliphatic carbocycles. The average molecular weight is 272 g/mol. The lowest BCUT2D eigenvalue weighted by Crippen LogP contribution is -2.09. The van der Waals surface area contributed by atoms with Crippen LogP contribution < -0.4 is 5.32 Å². The summed E-state index contributed by atoms with van der Waals surface area (Å²) in [6.45, 7) is 2.11. The number of nitrogens with zero attached hydrogens (tertiary/aromatic N) is 2. The maximum atomic E-state index is 6.03. The number of aromatic nitrogens is 2. The van der Waals surface area contributed by atoms with Crippen LogP contribution in [-0.2, 0) is 0 Å². The van der Waals surface area contributed by atoms with E-state index in [1.54, 1.807) is 6.20 Å². The Morgan fingerprint density at radius 2 is 2.05 bits per heavy atom. The smallest absolute Gasteiger partial charge is 0.138 e. The second-order valence-corrected chi connectivity index (χ2v) is 4.92. The molecule has 0 saturated heterocycles. The van der Waals surface area contributed by atoms with Gasteiger partial charge < -0.3 is 5.32 Å². The summed E-state index contributed by atoms with van der Waals surface area (Å²) in [6.07, 6.45) is 3.74. The molecule has 4 heteroatoms. The van der Waals surface area contributed by atoms with E-state index in [1.807, 2.05) is 47.0 Å². The topological polar surface area (TPSA) is 29.3 Å². The minimum absolute atomic E-state index is 0.173. The van der Waals surface area contributed by atoms with Gasteiger partial charge in [-0.1, -0.05) is 29.8 Å². The summed E-state index contributed by atoms with van der Waals surface area (Å²) in [5.74, 6) is 1.02. The van der Waals surface area contributed by atoms with E-state index in [0.717, 1.165) is 22.1 Å². The van der Waals surface area contributed by atoms with Crippen LogP contribution in [0, 0.1) is 0 Å². The normalized spacial score (nSPS) is 12.5. The van der Waals surface area contributed by atoms with Crippen LogP contribution in [0.25, 0.3) is 5.65 Å². The summed E-state index contributed by atoms with van der Waals surface area (Å²) in [4.78, 5) is 4.28. The third-order valence-electron chi connectivity index (χ3n) is 3.14. The lowest BCUT2D eigenvalue weighted by Gasteiger charge is -2.17. The van der Waals surface area contributed by atoms with Gasteiger partial charge in [0.2, 0.25) is 0 Å². The predicted molar refractivity (Wildman–Crippen MR) is 78.7 cm³/mol. The molecule has 0 bridgehead atoms. The number of halogens is 1. The Balaban J connectivity index is 1.90. The third kappa shape index (κ3) is 2.42. The van der Waals surface area contributed by atoms with Gasteiger partial charge in [0.25, 0.3) is 0 Å². The first-order valence-electron chi connectivity index (χ1n) is 6.18. The van der Waals surface area contributed by atoms with Gasteiger partial charge in [-0.25, -0.2) is 4.98 Å². The highest BCUT2D eigenvalue weighted by Gasteiger charge is 2.07. The SMILES string of the molecule is CC(Nc1cccc2nccn12)c1cccc(Cl)c1. The largest absolute Gasteiger partial charge is 0.365 e. The van der Waals surface area contributed by atoms with Crippen LogP contribution in [0.5, 0.6) is 0 Å². The zero-order valence-electron chi connectivity index (χ0n) is 10.5. The molecule has 0 aliphatic rings. The first-order chi connectivity index (χ1) is 9.24. The molecule has 1 N–H and O–H groups in total. The van der Waals surface area contributed by atoms with Gasteiger partial charge in [0.15, 0.2) is 0 Å². The van der Waals surface area contributed by atoms with Gasteiger partial charge in [-0.2, -0.15) is 0 Å². The maximum Gasteiger partial charge on any atom is 0.138 e. The van der Waals surface area contributed by atoms with E-state index in [9.17, 15) is 0 Å². The van der Waals surface area contributed by atoms with E-state index in [0.29, 0.717) is 0 Å². The summed E-state index contributed by atoms with van der Waals surface area (Å²) in [5, 5.41) is 4.24. The Labute approximate surface area is 116 Å². The van der Waals surface area contributed by atoms with Gasteiger partial charge >= 0.3 is 0 Å². The molecule has 0 amide bonds. The number of pyridine rings is 1. The summed E-state index contributed by atoms with van der Waals surface area (Å²) in [5.41, 5.74) is 2.09. The van der Waals surface area contributed by atoms with E-state index in [1.165, 1.54) is 0 Å². The van der Waals surface area contributed by atoms with Crippen LogP contribution in [0.1, 0.15) is 18.5 Å². The number of hydrogen-bond donors (Lipinski definition) is 1. The Bertz CT molecular complexity index is 705. The number of anilines is 1. The van der Waals surface area contributed by atoms with Crippen molar-refractivity contribution in [3.8, 4) is 0 Å². The Kier molecular flexibility index (Phi) is 3.13. The molecule has 0 aliphatic heterocycles. The Morgan fingerprint density at radius 3 is 2.89 bits per heavy atom. The average Bonchev–Trinajstić information content (AvgIpc) is 2.88. The zero-order chi connectivity index (χ0) is 13.2. The zero-order valence-corrected chi connectivity index (χ0v) is 11.3. The molecule has 0 saturated carbocycles. The van der Waals surface area contributed by atoms with Crippen LogP contribution in [-0.4, -0.2) is 9.38 Å². The fourth-order valence-corrected chi connectivity index (χ4v) is 2.35. The first-order valence-corrected chi connectivity index (χ1v) is 6.56. The number of benzene rings is 1. The molecular weight excluding hydrogens is 258 g/mol. The highest BCUT2D eigenvalue weighted by Crippen LogP contribution is 2.22. The minimum Gasteiger partial charge on any atom is -0.365 e. The van der Waals surface area contributed by atoms with Crippen molar-refractivity contribution in [3.63, 3.8) is 0 Å². The van der Waals surface area contributed by atoms with Gasteiger partial charge in [0.1, 0.15) is 11.5 Å². The molecule has 19 heavy (non-hydrogen) atoms. The first kappa shape index (κ1) is 12.1. The van der Waals surface area contributed by atoms with Crippen molar-refractivity contribution in [2.24, 2.45) is 0 Å². The predicted octanol–water partition coefficient (Wildman–Crippen LogP) is 4.16. The van der Waals surface area contributed by atoms with Crippen molar-refractivity contribution in [2.45, 2.75) is 13.0 Å². The number of nitrogens with one attached hydrogen (secondary N) is 1. The molecule has 2 aromatic heterocycles. The quantitative estimate of drug-likeness (QED) is 0.775. The molecular formula is C15H14ClN3. The van der Waals surface area contributed by atoms with Gasteiger partial charge in [-0.3, -0.25) is 4.40 Å². The lowest BCUT2D eigenvalue weighted by molar-refractivity contribution is 0.868. The molecule has 0 spiro atoms. The van der Waals surface area contributed by atoms with E-state index in [-0.39, 0.29) is 6.04 Å². The van der Waals surface area contributed by atoms with Crippen molar-refractivity contribution in [3.05, 3.63) is 65.4 Å². The van der Waals surface area contributed by atoms with Crippen LogP contribution >= 0.6 is 11.6 Å². The van der Waals surface area contributed by atoms with Gasteiger partial charge in [-0.05, 0) is 36.8 Å². The van der Waals surface area contributed by atoms with Gasteiger partial charge in [0.05, 0.1) is 0 Å². The fourth-order valence-electron chi connectivity index (χ4n) is 2.15.